The smallest absolute Gasteiger partial charge is 0.276 e. The predicted octanol–water partition coefficient (Wildman–Crippen LogP) is 1.43. The van der Waals surface area contributed by atoms with E-state index in [-0.39, 0.29) is 17.9 Å². The molecule has 2 aliphatic rings. The highest BCUT2D eigenvalue weighted by atomic mass is 16.5. The van der Waals surface area contributed by atoms with Crippen LogP contribution in [0.1, 0.15) is 34.6 Å². The molecule has 2 aromatic rings. The summed E-state index contributed by atoms with van der Waals surface area (Å²) in [5, 5.41) is 16.0. The summed E-state index contributed by atoms with van der Waals surface area (Å²) in [6.45, 7) is 2.16. The largest absolute Gasteiger partial charge is 0.368 e. The van der Waals surface area contributed by atoms with Gasteiger partial charge in [-0.3, -0.25) is 14.7 Å². The Morgan fingerprint density at radius 2 is 1.92 bits per heavy atom. The van der Waals surface area contributed by atoms with Crippen molar-refractivity contribution in [3.8, 4) is 0 Å². The quantitative estimate of drug-likeness (QED) is 0.663. The number of fused-ring (bicyclic) bond motifs is 1. The number of H-pyrrole nitrogens is 1. The van der Waals surface area contributed by atoms with E-state index in [4.69, 9.17) is 4.74 Å². The molecule has 1 fully saturated rings. The van der Waals surface area contributed by atoms with Crippen molar-refractivity contribution in [2.24, 2.45) is 0 Å². The number of nitrogens with one attached hydrogen (secondary N) is 4. The minimum Gasteiger partial charge on any atom is -0.368 e. The second-order valence-electron chi connectivity index (χ2n) is 6.48. The van der Waals surface area contributed by atoms with Gasteiger partial charge in [-0.2, -0.15) is 5.10 Å². The van der Waals surface area contributed by atoms with Gasteiger partial charge in [0.15, 0.2) is 5.69 Å². The Bertz CT molecular complexity index is 809. The van der Waals surface area contributed by atoms with E-state index in [1.807, 2.05) is 0 Å². The van der Waals surface area contributed by atoms with Gasteiger partial charge >= 0.3 is 0 Å². The Labute approximate surface area is 150 Å². The molecule has 136 valence electrons. The fourth-order valence-electron chi connectivity index (χ4n) is 3.25. The van der Waals surface area contributed by atoms with Gasteiger partial charge in [-0.25, -0.2) is 0 Å². The Balaban J connectivity index is 1.38. The van der Waals surface area contributed by atoms with E-state index in [1.54, 1.807) is 24.3 Å². The summed E-state index contributed by atoms with van der Waals surface area (Å²) >= 11 is 0. The summed E-state index contributed by atoms with van der Waals surface area (Å²) in [7, 11) is 0. The molecule has 1 atom stereocenters. The number of carbonyl (C=O) groups is 2. The van der Waals surface area contributed by atoms with Gasteiger partial charge in [0.2, 0.25) is 0 Å². The van der Waals surface area contributed by atoms with Gasteiger partial charge in [-0.1, -0.05) is 0 Å². The normalized spacial score (nSPS) is 19.0. The highest BCUT2D eigenvalue weighted by molar-refractivity contribution is 6.04. The molecule has 8 nitrogen and oxygen atoms in total. The van der Waals surface area contributed by atoms with Gasteiger partial charge in [0.05, 0.1) is 0 Å². The third-order valence-corrected chi connectivity index (χ3v) is 4.65. The van der Waals surface area contributed by atoms with Gasteiger partial charge in [0, 0.05) is 48.7 Å². The van der Waals surface area contributed by atoms with Crippen molar-refractivity contribution in [1.82, 2.24) is 15.5 Å². The first-order valence-electron chi connectivity index (χ1n) is 8.81. The second kappa shape index (κ2) is 7.27. The Morgan fingerprint density at radius 3 is 2.65 bits per heavy atom. The fourth-order valence-corrected chi connectivity index (χ4v) is 3.25. The molecule has 0 bridgehead atoms. The van der Waals surface area contributed by atoms with E-state index in [0.29, 0.717) is 30.2 Å². The van der Waals surface area contributed by atoms with E-state index in [0.717, 1.165) is 37.1 Å². The van der Waals surface area contributed by atoms with E-state index in [2.05, 4.69) is 26.1 Å². The summed E-state index contributed by atoms with van der Waals surface area (Å²) in [5.74, 6) is -0.378. The van der Waals surface area contributed by atoms with E-state index in [1.165, 1.54) is 0 Å². The van der Waals surface area contributed by atoms with Gasteiger partial charge in [-0.15, -0.1) is 0 Å². The number of amides is 2. The third kappa shape index (κ3) is 3.47. The van der Waals surface area contributed by atoms with Crippen LogP contribution in [0.15, 0.2) is 24.3 Å². The van der Waals surface area contributed by atoms with Gasteiger partial charge < -0.3 is 20.7 Å². The minimum absolute atomic E-state index is 0.130. The monoisotopic (exact) mass is 355 g/mol. The summed E-state index contributed by atoms with van der Waals surface area (Å²) in [4.78, 5) is 24.5. The zero-order valence-electron chi connectivity index (χ0n) is 14.3. The number of carbonyl (C=O) groups excluding carboxylic acids is 2. The molecule has 0 saturated carbocycles. The van der Waals surface area contributed by atoms with Crippen molar-refractivity contribution in [3.63, 3.8) is 0 Å². The van der Waals surface area contributed by atoms with Crippen LogP contribution in [-0.2, 0) is 22.5 Å². The number of hydrogen-bond acceptors (Lipinski definition) is 5. The molecule has 1 saturated heterocycles. The molecule has 4 rings (SSSR count). The SMILES string of the molecule is O=C(Nc1ccc(NC(=O)C2CCCO2)cc1)c1n[nH]c2c1CNCC2. The lowest BCUT2D eigenvalue weighted by Crippen LogP contribution is -2.26. The van der Waals surface area contributed by atoms with Crippen molar-refractivity contribution < 1.29 is 14.3 Å². The molecule has 3 heterocycles. The number of aromatic amines is 1. The molecule has 0 aliphatic carbocycles. The molecule has 0 radical (unpaired) electrons. The Morgan fingerprint density at radius 1 is 1.15 bits per heavy atom. The van der Waals surface area contributed by atoms with E-state index >= 15 is 0 Å². The summed E-state index contributed by atoms with van der Waals surface area (Å²) in [6.07, 6.45) is 2.14. The fraction of sp³-hybridized carbons (Fsp3) is 0.389. The summed E-state index contributed by atoms with van der Waals surface area (Å²) in [6, 6.07) is 7.01. The average molecular weight is 355 g/mol. The number of aromatic nitrogens is 2. The highest BCUT2D eigenvalue weighted by Crippen LogP contribution is 2.19. The Hall–Kier alpha value is -2.71. The number of hydrogen-bond donors (Lipinski definition) is 4. The lowest BCUT2D eigenvalue weighted by molar-refractivity contribution is -0.124. The number of nitrogens with zero attached hydrogens (tertiary/aromatic N) is 1. The van der Waals surface area contributed by atoms with Crippen molar-refractivity contribution in [2.75, 3.05) is 23.8 Å². The van der Waals surface area contributed by atoms with Gasteiger partial charge in [0.25, 0.3) is 11.8 Å². The first-order chi connectivity index (χ1) is 12.7. The van der Waals surface area contributed by atoms with Crippen molar-refractivity contribution in [3.05, 3.63) is 41.2 Å². The van der Waals surface area contributed by atoms with Crippen LogP contribution in [0.5, 0.6) is 0 Å². The summed E-state index contributed by atoms with van der Waals surface area (Å²) in [5.41, 5.74) is 3.67. The number of benzene rings is 1. The third-order valence-electron chi connectivity index (χ3n) is 4.65. The van der Waals surface area contributed by atoms with Crippen LogP contribution in [0.25, 0.3) is 0 Å². The molecule has 1 aromatic carbocycles. The molecule has 26 heavy (non-hydrogen) atoms. The second-order valence-corrected chi connectivity index (χ2v) is 6.48. The maximum atomic E-state index is 12.5. The standard InChI is InChI=1S/C18H21N5O3/c24-17(15-2-1-9-26-15)20-11-3-5-12(6-4-11)21-18(25)16-13-10-19-8-7-14(13)22-23-16/h3-6,15,19H,1-2,7-10H2,(H,20,24)(H,21,25)(H,22,23). The van der Waals surface area contributed by atoms with Crippen molar-refractivity contribution in [2.45, 2.75) is 31.9 Å². The van der Waals surface area contributed by atoms with Crippen molar-refractivity contribution in [1.29, 1.82) is 0 Å². The molecule has 1 unspecified atom stereocenters. The molecule has 1 aromatic heterocycles. The highest BCUT2D eigenvalue weighted by Gasteiger charge is 2.24. The Kier molecular flexibility index (Phi) is 4.68. The van der Waals surface area contributed by atoms with Crippen LogP contribution in [0.2, 0.25) is 0 Å². The lowest BCUT2D eigenvalue weighted by atomic mass is 10.1. The maximum Gasteiger partial charge on any atom is 0.276 e. The van der Waals surface area contributed by atoms with Crippen molar-refractivity contribution >= 4 is 23.2 Å². The van der Waals surface area contributed by atoms with Crippen LogP contribution in [-0.4, -0.2) is 41.3 Å². The minimum atomic E-state index is -0.367. The maximum absolute atomic E-state index is 12.5. The van der Waals surface area contributed by atoms with Gasteiger partial charge in [-0.05, 0) is 37.1 Å². The van der Waals surface area contributed by atoms with Crippen LogP contribution < -0.4 is 16.0 Å². The topological polar surface area (TPSA) is 108 Å². The predicted molar refractivity (Wildman–Crippen MR) is 96.0 cm³/mol. The van der Waals surface area contributed by atoms with Crippen LogP contribution in [0, 0.1) is 0 Å². The zero-order chi connectivity index (χ0) is 17.9. The van der Waals surface area contributed by atoms with Gasteiger partial charge in [0.1, 0.15) is 6.10 Å². The molecular formula is C18H21N5O3. The van der Waals surface area contributed by atoms with Crippen LogP contribution in [0.3, 0.4) is 0 Å². The first-order valence-corrected chi connectivity index (χ1v) is 8.81. The number of anilines is 2. The van der Waals surface area contributed by atoms with E-state index < -0.39 is 0 Å². The molecule has 4 N–H and O–H groups in total. The average Bonchev–Trinajstić information content (AvgIpc) is 3.33. The zero-order valence-corrected chi connectivity index (χ0v) is 14.3. The molecule has 2 amide bonds. The molecule has 2 aliphatic heterocycles. The molecular weight excluding hydrogens is 334 g/mol. The number of rotatable bonds is 4. The van der Waals surface area contributed by atoms with Crippen LogP contribution in [0.4, 0.5) is 11.4 Å². The number of ether oxygens (including phenoxy) is 1. The van der Waals surface area contributed by atoms with Crippen LogP contribution >= 0.6 is 0 Å². The van der Waals surface area contributed by atoms with E-state index in [9.17, 15) is 9.59 Å². The lowest BCUT2D eigenvalue weighted by Gasteiger charge is -2.13. The first kappa shape index (κ1) is 16.7. The molecule has 0 spiro atoms. The molecule has 8 heteroatoms. The summed E-state index contributed by atoms with van der Waals surface area (Å²) < 4.78 is 5.37.